The minimum Gasteiger partial charge on any atom is -0.366 e. The number of benzene rings is 1. The van der Waals surface area contributed by atoms with Gasteiger partial charge in [0.1, 0.15) is 0 Å². The molecule has 0 unspecified atom stereocenters. The molecule has 4 N–H and O–H groups in total. The Morgan fingerprint density at radius 1 is 1.40 bits per heavy atom. The van der Waals surface area contributed by atoms with Crippen molar-refractivity contribution in [3.05, 3.63) is 35.0 Å². The zero-order chi connectivity index (χ0) is 13.4. The van der Waals surface area contributed by atoms with Crippen LogP contribution in [0.1, 0.15) is 40.4 Å². The molecule has 5 heteroatoms. The molecule has 0 bridgehead atoms. The first kappa shape index (κ1) is 14.9. The molecule has 1 fully saturated rings. The smallest absolute Gasteiger partial charge is 0.250 e. The van der Waals surface area contributed by atoms with Crippen molar-refractivity contribution in [2.45, 2.75) is 25.7 Å². The average molecular weight is 294 g/mol. The summed E-state index contributed by atoms with van der Waals surface area (Å²) in [7, 11) is 0. The van der Waals surface area contributed by atoms with Gasteiger partial charge in [-0.2, -0.15) is 0 Å². The first-order valence-corrected chi connectivity index (χ1v) is 6.79. The van der Waals surface area contributed by atoms with Crippen LogP contribution in [0.25, 0.3) is 10.9 Å². The molecule has 1 atom stereocenters. The number of aromatic nitrogens is 1. The molecule has 4 nitrogen and oxygen atoms in total. The summed E-state index contributed by atoms with van der Waals surface area (Å²) in [6, 6.07) is 6.03. The average Bonchev–Trinajstić information content (AvgIpc) is 2.79. The van der Waals surface area contributed by atoms with E-state index in [2.05, 4.69) is 22.4 Å². The van der Waals surface area contributed by atoms with Crippen molar-refractivity contribution in [2.24, 2.45) is 5.73 Å². The third-order valence-corrected chi connectivity index (χ3v) is 3.96. The van der Waals surface area contributed by atoms with Gasteiger partial charge in [-0.1, -0.05) is 6.07 Å². The highest BCUT2D eigenvalue weighted by Gasteiger charge is 2.20. The molecule has 0 aliphatic carbocycles. The molecule has 2 heterocycles. The van der Waals surface area contributed by atoms with Crippen LogP contribution < -0.4 is 11.1 Å². The Kier molecular flexibility index (Phi) is 4.35. The molecular formula is C15H20ClN3O. The van der Waals surface area contributed by atoms with Crippen molar-refractivity contribution in [1.82, 2.24) is 10.3 Å². The lowest BCUT2D eigenvalue weighted by atomic mass is 9.88. The van der Waals surface area contributed by atoms with Crippen LogP contribution in [-0.2, 0) is 0 Å². The summed E-state index contributed by atoms with van der Waals surface area (Å²) in [4.78, 5) is 14.8. The monoisotopic (exact) mass is 293 g/mol. The van der Waals surface area contributed by atoms with Gasteiger partial charge in [0.05, 0.1) is 11.1 Å². The molecule has 20 heavy (non-hydrogen) atoms. The van der Waals surface area contributed by atoms with E-state index < -0.39 is 0 Å². The lowest BCUT2D eigenvalue weighted by Gasteiger charge is -2.24. The first-order chi connectivity index (χ1) is 9.16. The number of aryl methyl sites for hydroxylation is 1. The third kappa shape index (κ3) is 2.53. The molecule has 1 aliphatic heterocycles. The van der Waals surface area contributed by atoms with Gasteiger partial charge >= 0.3 is 0 Å². The van der Waals surface area contributed by atoms with Gasteiger partial charge in [0.15, 0.2) is 0 Å². The Balaban J connectivity index is 0.00000147. The Bertz CT molecular complexity index is 629. The predicted molar refractivity (Wildman–Crippen MR) is 83.6 cm³/mol. The highest BCUT2D eigenvalue weighted by molar-refractivity contribution is 6.06. The van der Waals surface area contributed by atoms with Crippen LogP contribution >= 0.6 is 12.4 Å². The topological polar surface area (TPSA) is 70.9 Å². The van der Waals surface area contributed by atoms with Crippen molar-refractivity contribution in [3.63, 3.8) is 0 Å². The van der Waals surface area contributed by atoms with Crippen LogP contribution in [0, 0.1) is 6.92 Å². The molecule has 0 saturated carbocycles. The van der Waals surface area contributed by atoms with Gasteiger partial charge in [-0.05, 0) is 49.9 Å². The Morgan fingerprint density at radius 3 is 2.85 bits per heavy atom. The maximum Gasteiger partial charge on any atom is 0.250 e. The number of nitrogens with two attached hydrogens (primary N) is 1. The minimum atomic E-state index is -0.375. The summed E-state index contributed by atoms with van der Waals surface area (Å²) >= 11 is 0. The number of primary amides is 1. The number of piperidine rings is 1. The molecule has 1 aromatic heterocycles. The molecule has 108 valence electrons. The van der Waals surface area contributed by atoms with Crippen molar-refractivity contribution in [1.29, 1.82) is 0 Å². The second-order valence-corrected chi connectivity index (χ2v) is 5.35. The van der Waals surface area contributed by atoms with E-state index in [-0.39, 0.29) is 18.3 Å². The normalized spacial score (nSPS) is 18.8. The van der Waals surface area contributed by atoms with Crippen LogP contribution in [0.15, 0.2) is 18.2 Å². The highest BCUT2D eigenvalue weighted by atomic mass is 35.5. The van der Waals surface area contributed by atoms with Gasteiger partial charge in [-0.3, -0.25) is 4.79 Å². The van der Waals surface area contributed by atoms with Crippen LogP contribution in [0.2, 0.25) is 0 Å². The number of amides is 1. The highest BCUT2D eigenvalue weighted by Crippen LogP contribution is 2.32. The van der Waals surface area contributed by atoms with Crippen LogP contribution in [0.5, 0.6) is 0 Å². The molecule has 1 amide bonds. The van der Waals surface area contributed by atoms with Gasteiger partial charge in [0.25, 0.3) is 5.91 Å². The maximum atomic E-state index is 11.5. The zero-order valence-electron chi connectivity index (χ0n) is 11.5. The van der Waals surface area contributed by atoms with E-state index in [1.165, 1.54) is 18.4 Å². The van der Waals surface area contributed by atoms with E-state index in [0.29, 0.717) is 11.5 Å². The molecule has 1 aromatic carbocycles. The molecule has 2 aromatic rings. The standard InChI is InChI=1S/C15H19N3O.ClH/c1-9-7-13-11(10-3-2-6-17-8-10)4-5-12(15(16)19)14(13)18-9;/h4-5,7,10,17-18H,2-3,6,8H2,1H3,(H2,16,19);1H/t10-;/m1./s1. The van der Waals surface area contributed by atoms with Crippen molar-refractivity contribution in [3.8, 4) is 0 Å². The fourth-order valence-corrected chi connectivity index (χ4v) is 3.05. The van der Waals surface area contributed by atoms with Crippen LogP contribution in [0.4, 0.5) is 0 Å². The second-order valence-electron chi connectivity index (χ2n) is 5.35. The summed E-state index contributed by atoms with van der Waals surface area (Å²) in [5, 5.41) is 4.58. The van der Waals surface area contributed by atoms with E-state index in [1.54, 1.807) is 0 Å². The Morgan fingerprint density at radius 2 is 2.20 bits per heavy atom. The number of fused-ring (bicyclic) bond motifs is 1. The van der Waals surface area contributed by atoms with E-state index >= 15 is 0 Å². The van der Waals surface area contributed by atoms with Crippen molar-refractivity contribution < 1.29 is 4.79 Å². The number of hydrogen-bond donors (Lipinski definition) is 3. The fraction of sp³-hybridized carbons (Fsp3) is 0.400. The van der Waals surface area contributed by atoms with Gasteiger partial charge in [-0.15, -0.1) is 12.4 Å². The SMILES string of the molecule is Cc1cc2c([C@@H]3CCCNC3)ccc(C(N)=O)c2[nH]1.Cl. The first-order valence-electron chi connectivity index (χ1n) is 6.79. The van der Waals surface area contributed by atoms with Crippen LogP contribution in [-0.4, -0.2) is 24.0 Å². The number of H-pyrrole nitrogens is 1. The number of rotatable bonds is 2. The Hall–Kier alpha value is -1.52. The van der Waals surface area contributed by atoms with Gasteiger partial charge in [-0.25, -0.2) is 0 Å². The minimum absolute atomic E-state index is 0. The fourth-order valence-electron chi connectivity index (χ4n) is 3.05. The van der Waals surface area contributed by atoms with Crippen molar-refractivity contribution in [2.75, 3.05) is 13.1 Å². The van der Waals surface area contributed by atoms with Crippen LogP contribution in [0.3, 0.4) is 0 Å². The van der Waals surface area contributed by atoms with E-state index in [0.717, 1.165) is 29.7 Å². The summed E-state index contributed by atoms with van der Waals surface area (Å²) in [5.41, 5.74) is 9.29. The van der Waals surface area contributed by atoms with Crippen molar-refractivity contribution >= 4 is 29.2 Å². The number of halogens is 1. The lowest BCUT2D eigenvalue weighted by Crippen LogP contribution is -2.28. The number of carbonyl (C=O) groups excluding carboxylic acids is 1. The zero-order valence-corrected chi connectivity index (χ0v) is 12.3. The van der Waals surface area contributed by atoms with Gasteiger partial charge in [0, 0.05) is 17.6 Å². The maximum absolute atomic E-state index is 11.5. The van der Waals surface area contributed by atoms with E-state index in [9.17, 15) is 4.79 Å². The van der Waals surface area contributed by atoms with Gasteiger partial charge < -0.3 is 16.0 Å². The number of nitrogens with one attached hydrogen (secondary N) is 2. The molecule has 3 rings (SSSR count). The molecule has 0 spiro atoms. The summed E-state index contributed by atoms with van der Waals surface area (Å²) < 4.78 is 0. The van der Waals surface area contributed by atoms with Gasteiger partial charge in [0.2, 0.25) is 0 Å². The lowest BCUT2D eigenvalue weighted by molar-refractivity contribution is 0.100. The number of carbonyl (C=O) groups is 1. The molecular weight excluding hydrogens is 274 g/mol. The molecule has 1 saturated heterocycles. The predicted octanol–water partition coefficient (Wildman–Crippen LogP) is 2.46. The number of aromatic amines is 1. The number of hydrogen-bond acceptors (Lipinski definition) is 2. The quantitative estimate of drug-likeness (QED) is 0.796. The van der Waals surface area contributed by atoms with E-state index in [4.69, 9.17) is 5.73 Å². The largest absolute Gasteiger partial charge is 0.366 e. The molecule has 0 radical (unpaired) electrons. The third-order valence-electron chi connectivity index (χ3n) is 3.96. The summed E-state index contributed by atoms with van der Waals surface area (Å²) in [6.45, 7) is 4.12. The van der Waals surface area contributed by atoms with E-state index in [1.807, 2.05) is 13.0 Å². The summed E-state index contributed by atoms with van der Waals surface area (Å²) in [5.74, 6) is 0.147. The summed E-state index contributed by atoms with van der Waals surface area (Å²) in [6.07, 6.45) is 2.40. The Labute approximate surface area is 124 Å². The second kappa shape index (κ2) is 5.85. The molecule has 1 aliphatic rings.